The van der Waals surface area contributed by atoms with Crippen molar-refractivity contribution >= 4 is 11.9 Å². The summed E-state index contributed by atoms with van der Waals surface area (Å²) in [6, 6.07) is 0. The summed E-state index contributed by atoms with van der Waals surface area (Å²) >= 11 is 0. The van der Waals surface area contributed by atoms with Gasteiger partial charge < -0.3 is 9.47 Å². The van der Waals surface area contributed by atoms with E-state index in [4.69, 9.17) is 0 Å². The number of hydrogen-bond acceptors (Lipinski definition) is 4. The molecule has 0 bridgehead atoms. The minimum Gasteiger partial charge on any atom is -0.466 e. The highest BCUT2D eigenvalue weighted by Crippen LogP contribution is 1.93. The number of carbonyl (C=O) groups excluding carboxylic acids is 2. The van der Waals surface area contributed by atoms with Crippen LogP contribution < -0.4 is 0 Å². The van der Waals surface area contributed by atoms with Crippen molar-refractivity contribution in [3.63, 3.8) is 0 Å². The van der Waals surface area contributed by atoms with Gasteiger partial charge in [0.15, 0.2) is 0 Å². The van der Waals surface area contributed by atoms with Crippen LogP contribution in [0.25, 0.3) is 0 Å². The van der Waals surface area contributed by atoms with Gasteiger partial charge in [0.1, 0.15) is 0 Å². The molecule has 0 saturated heterocycles. The Balaban J connectivity index is 3.20. The van der Waals surface area contributed by atoms with Gasteiger partial charge in [-0.2, -0.15) is 0 Å². The molecule has 0 saturated carbocycles. The second-order valence-electron chi connectivity index (χ2n) is 2.46. The van der Waals surface area contributed by atoms with Crippen molar-refractivity contribution in [2.75, 3.05) is 6.61 Å². The van der Waals surface area contributed by atoms with E-state index >= 15 is 0 Å². The average Bonchev–Trinajstić information content (AvgIpc) is 2.01. The molecular formula is C9H14O4. The van der Waals surface area contributed by atoms with Crippen LogP contribution in [0.5, 0.6) is 0 Å². The van der Waals surface area contributed by atoms with Crippen LogP contribution in [0.4, 0.5) is 0 Å². The molecule has 0 N–H and O–H groups in total. The minimum absolute atomic E-state index is 0.274. The van der Waals surface area contributed by atoms with Crippen LogP contribution in [-0.4, -0.2) is 18.5 Å². The fraction of sp³-hybridized carbons (Fsp3) is 0.556. The summed E-state index contributed by atoms with van der Waals surface area (Å²) < 4.78 is 9.23. The molecule has 13 heavy (non-hydrogen) atoms. The first-order chi connectivity index (χ1) is 6.13. The maximum absolute atomic E-state index is 10.3. The zero-order valence-electron chi connectivity index (χ0n) is 7.91. The molecule has 0 spiro atoms. The second kappa shape index (κ2) is 7.34. The Kier molecular flexibility index (Phi) is 6.59. The van der Waals surface area contributed by atoms with Gasteiger partial charge >= 0.3 is 11.9 Å². The first-order valence-electron chi connectivity index (χ1n) is 4.08. The summed E-state index contributed by atoms with van der Waals surface area (Å²) in [5.41, 5.74) is 0. The molecule has 0 rings (SSSR count). The molecule has 0 aromatic heterocycles. The molecular weight excluding hydrogens is 172 g/mol. The third kappa shape index (κ3) is 10.7. The number of esters is 2. The summed E-state index contributed by atoms with van der Waals surface area (Å²) in [5, 5.41) is 0. The van der Waals surface area contributed by atoms with Crippen LogP contribution in [0.15, 0.2) is 12.3 Å². The van der Waals surface area contributed by atoms with Gasteiger partial charge in [0.05, 0.1) is 12.9 Å². The lowest BCUT2D eigenvalue weighted by Gasteiger charge is -1.97. The molecule has 0 radical (unpaired) electrons. The highest BCUT2D eigenvalue weighted by Gasteiger charge is 1.90. The van der Waals surface area contributed by atoms with Crippen LogP contribution in [0.3, 0.4) is 0 Å². The number of carbonyl (C=O) groups is 2. The normalized spacial score (nSPS) is 10.0. The van der Waals surface area contributed by atoms with Crippen molar-refractivity contribution in [1.82, 2.24) is 0 Å². The summed E-state index contributed by atoms with van der Waals surface area (Å²) in [4.78, 5) is 20.6. The van der Waals surface area contributed by atoms with Crippen LogP contribution >= 0.6 is 0 Å². The van der Waals surface area contributed by atoms with Crippen molar-refractivity contribution in [2.45, 2.75) is 26.7 Å². The van der Waals surface area contributed by atoms with E-state index in [0.717, 1.165) is 12.8 Å². The van der Waals surface area contributed by atoms with Crippen LogP contribution in [0, 0.1) is 0 Å². The Bertz CT molecular complexity index is 196. The van der Waals surface area contributed by atoms with E-state index in [1.54, 1.807) is 6.08 Å². The Morgan fingerprint density at radius 3 is 2.46 bits per heavy atom. The van der Waals surface area contributed by atoms with E-state index in [1.165, 1.54) is 20.1 Å². The standard InChI is InChI=1S/C9H14O4/c1-8(10)12-6-4-3-5-7-13-9(2)11/h4,6H,3,5,7H2,1-2H3/b6-4+. The van der Waals surface area contributed by atoms with Gasteiger partial charge in [0.25, 0.3) is 0 Å². The molecule has 0 unspecified atom stereocenters. The maximum atomic E-state index is 10.3. The number of ether oxygens (including phenoxy) is 2. The van der Waals surface area contributed by atoms with Gasteiger partial charge in [-0.3, -0.25) is 9.59 Å². The number of unbranched alkanes of at least 4 members (excludes halogenated alkanes) is 1. The lowest BCUT2D eigenvalue weighted by molar-refractivity contribution is -0.141. The molecule has 0 atom stereocenters. The average molecular weight is 186 g/mol. The highest BCUT2D eigenvalue weighted by atomic mass is 16.5. The van der Waals surface area contributed by atoms with Crippen LogP contribution in [0.2, 0.25) is 0 Å². The lowest BCUT2D eigenvalue weighted by Crippen LogP contribution is -1.99. The third-order valence-electron chi connectivity index (χ3n) is 1.15. The fourth-order valence-electron chi connectivity index (χ4n) is 0.629. The van der Waals surface area contributed by atoms with E-state index < -0.39 is 0 Å². The van der Waals surface area contributed by atoms with Crippen molar-refractivity contribution in [3.05, 3.63) is 12.3 Å². The Morgan fingerprint density at radius 2 is 1.92 bits per heavy atom. The Hall–Kier alpha value is -1.32. The molecule has 74 valence electrons. The molecule has 0 aliphatic carbocycles. The van der Waals surface area contributed by atoms with Gasteiger partial charge in [0.2, 0.25) is 0 Å². The van der Waals surface area contributed by atoms with Crippen molar-refractivity contribution < 1.29 is 19.1 Å². The van der Waals surface area contributed by atoms with E-state index in [1.807, 2.05) is 0 Å². The zero-order chi connectivity index (χ0) is 10.1. The van der Waals surface area contributed by atoms with Crippen LogP contribution in [0.1, 0.15) is 26.7 Å². The molecule has 0 fully saturated rings. The predicted octanol–water partition coefficient (Wildman–Crippen LogP) is 1.41. The summed E-state index contributed by atoms with van der Waals surface area (Å²) in [6.45, 7) is 3.11. The van der Waals surface area contributed by atoms with E-state index in [-0.39, 0.29) is 11.9 Å². The molecule has 0 heterocycles. The van der Waals surface area contributed by atoms with Gasteiger partial charge in [-0.25, -0.2) is 0 Å². The zero-order valence-corrected chi connectivity index (χ0v) is 7.91. The number of hydrogen-bond donors (Lipinski definition) is 0. The number of rotatable bonds is 5. The summed E-state index contributed by atoms with van der Waals surface area (Å²) in [7, 11) is 0. The molecule has 0 aromatic rings. The van der Waals surface area contributed by atoms with Crippen LogP contribution in [-0.2, 0) is 19.1 Å². The number of allylic oxidation sites excluding steroid dienone is 1. The lowest BCUT2D eigenvalue weighted by atomic mass is 10.3. The fourth-order valence-corrected chi connectivity index (χ4v) is 0.629. The minimum atomic E-state index is -0.337. The Morgan fingerprint density at radius 1 is 1.23 bits per heavy atom. The first kappa shape index (κ1) is 11.7. The Labute approximate surface area is 77.5 Å². The monoisotopic (exact) mass is 186 g/mol. The summed E-state index contributed by atoms with van der Waals surface area (Å²) in [5.74, 6) is -0.611. The molecule has 0 aliphatic heterocycles. The second-order valence-corrected chi connectivity index (χ2v) is 2.46. The SMILES string of the molecule is CC(=O)O/C=C/CCCOC(C)=O. The third-order valence-corrected chi connectivity index (χ3v) is 1.15. The summed E-state index contributed by atoms with van der Waals surface area (Å²) in [6.07, 6.45) is 4.51. The smallest absolute Gasteiger partial charge is 0.307 e. The van der Waals surface area contributed by atoms with Gasteiger partial charge in [0, 0.05) is 13.8 Å². The van der Waals surface area contributed by atoms with E-state index in [0.29, 0.717) is 6.61 Å². The van der Waals surface area contributed by atoms with Gasteiger partial charge in [-0.1, -0.05) is 0 Å². The predicted molar refractivity (Wildman–Crippen MR) is 46.8 cm³/mol. The van der Waals surface area contributed by atoms with E-state index in [2.05, 4.69) is 9.47 Å². The molecule has 0 amide bonds. The quantitative estimate of drug-likeness (QED) is 0.370. The van der Waals surface area contributed by atoms with Crippen molar-refractivity contribution in [1.29, 1.82) is 0 Å². The largest absolute Gasteiger partial charge is 0.466 e. The van der Waals surface area contributed by atoms with Crippen molar-refractivity contribution in [3.8, 4) is 0 Å². The molecule has 4 nitrogen and oxygen atoms in total. The molecule has 0 aliphatic rings. The van der Waals surface area contributed by atoms with E-state index in [9.17, 15) is 9.59 Å². The molecule has 0 aromatic carbocycles. The first-order valence-corrected chi connectivity index (χ1v) is 4.08. The highest BCUT2D eigenvalue weighted by molar-refractivity contribution is 5.66. The van der Waals surface area contributed by atoms with Crippen molar-refractivity contribution in [2.24, 2.45) is 0 Å². The molecule has 4 heteroatoms. The van der Waals surface area contributed by atoms with Gasteiger partial charge in [-0.15, -0.1) is 0 Å². The van der Waals surface area contributed by atoms with Gasteiger partial charge in [-0.05, 0) is 18.9 Å². The maximum Gasteiger partial charge on any atom is 0.307 e. The topological polar surface area (TPSA) is 52.6 Å².